The molecule has 102 valence electrons. The first kappa shape index (κ1) is 13.1. The molecule has 0 spiro atoms. The number of hydrogen-bond acceptors (Lipinski definition) is 3. The molecule has 2 fully saturated rings. The smallest absolute Gasteiger partial charge is 0.326 e. The number of carbonyl (C=O) groups excluding carboxylic acids is 1. The molecule has 0 bridgehead atoms. The number of carboxylic acids is 1. The molecule has 18 heavy (non-hydrogen) atoms. The van der Waals surface area contributed by atoms with Crippen LogP contribution in [-0.4, -0.2) is 58.6 Å². The van der Waals surface area contributed by atoms with E-state index in [4.69, 9.17) is 5.73 Å². The zero-order chi connectivity index (χ0) is 13.3. The zero-order valence-electron chi connectivity index (χ0n) is 10.7. The van der Waals surface area contributed by atoms with Gasteiger partial charge in [-0.2, -0.15) is 0 Å². The third-order valence-electron chi connectivity index (χ3n) is 3.89. The number of nitrogens with zero attached hydrogens (tertiary/aromatic N) is 2. The lowest BCUT2D eigenvalue weighted by Gasteiger charge is -2.38. The molecule has 3 unspecified atom stereocenters. The first-order valence-corrected chi connectivity index (χ1v) is 6.53. The Hall–Kier alpha value is -1.30. The molecule has 2 saturated heterocycles. The van der Waals surface area contributed by atoms with Crippen LogP contribution < -0.4 is 5.73 Å². The Morgan fingerprint density at radius 3 is 2.56 bits per heavy atom. The average Bonchev–Trinajstić information content (AvgIpc) is 2.75. The van der Waals surface area contributed by atoms with Gasteiger partial charge in [0.05, 0.1) is 0 Å². The van der Waals surface area contributed by atoms with Crippen molar-refractivity contribution in [1.29, 1.82) is 0 Å². The Kier molecular flexibility index (Phi) is 3.75. The van der Waals surface area contributed by atoms with Crippen molar-refractivity contribution >= 4 is 12.0 Å². The van der Waals surface area contributed by atoms with Gasteiger partial charge in [0.1, 0.15) is 6.04 Å². The maximum absolute atomic E-state index is 12.3. The summed E-state index contributed by atoms with van der Waals surface area (Å²) < 4.78 is 0. The van der Waals surface area contributed by atoms with Gasteiger partial charge in [-0.15, -0.1) is 0 Å². The van der Waals surface area contributed by atoms with E-state index in [0.29, 0.717) is 32.0 Å². The van der Waals surface area contributed by atoms with E-state index in [1.807, 2.05) is 6.92 Å². The van der Waals surface area contributed by atoms with Crippen molar-refractivity contribution in [2.45, 2.75) is 38.3 Å². The maximum atomic E-state index is 12.3. The van der Waals surface area contributed by atoms with Gasteiger partial charge in [-0.1, -0.05) is 6.92 Å². The topological polar surface area (TPSA) is 86.9 Å². The number of likely N-dealkylation sites (tertiary alicyclic amines) is 2. The van der Waals surface area contributed by atoms with E-state index in [0.717, 1.165) is 12.8 Å². The first-order chi connectivity index (χ1) is 8.49. The molecule has 0 saturated carbocycles. The van der Waals surface area contributed by atoms with Crippen LogP contribution in [0.2, 0.25) is 0 Å². The van der Waals surface area contributed by atoms with Crippen LogP contribution in [0.1, 0.15) is 26.2 Å². The fourth-order valence-electron chi connectivity index (χ4n) is 2.75. The van der Waals surface area contributed by atoms with Crippen molar-refractivity contribution in [2.75, 3.05) is 19.6 Å². The van der Waals surface area contributed by atoms with Gasteiger partial charge in [-0.05, 0) is 25.2 Å². The molecule has 2 aliphatic heterocycles. The summed E-state index contributed by atoms with van der Waals surface area (Å²) in [5.74, 6) is -0.547. The molecule has 2 aliphatic rings. The van der Waals surface area contributed by atoms with Gasteiger partial charge in [-0.3, -0.25) is 0 Å². The van der Waals surface area contributed by atoms with E-state index in [1.54, 1.807) is 4.90 Å². The molecule has 0 aromatic heterocycles. The van der Waals surface area contributed by atoms with Crippen molar-refractivity contribution in [1.82, 2.24) is 9.80 Å². The molecule has 2 heterocycles. The number of rotatable bonds is 1. The largest absolute Gasteiger partial charge is 0.480 e. The Morgan fingerprint density at radius 2 is 2.00 bits per heavy atom. The summed E-state index contributed by atoms with van der Waals surface area (Å²) in [5, 5.41) is 9.23. The second kappa shape index (κ2) is 5.14. The highest BCUT2D eigenvalue weighted by Gasteiger charge is 2.38. The Balaban J connectivity index is 2.05. The minimum Gasteiger partial charge on any atom is -0.480 e. The minimum absolute atomic E-state index is 0.0287. The van der Waals surface area contributed by atoms with Crippen LogP contribution in [0, 0.1) is 5.92 Å². The summed E-state index contributed by atoms with van der Waals surface area (Å²) in [6.07, 6.45) is 2.21. The van der Waals surface area contributed by atoms with Crippen LogP contribution in [0.25, 0.3) is 0 Å². The molecule has 0 aromatic carbocycles. The van der Waals surface area contributed by atoms with Gasteiger partial charge in [-0.25, -0.2) is 9.59 Å². The van der Waals surface area contributed by atoms with Crippen molar-refractivity contribution in [2.24, 2.45) is 11.7 Å². The number of hydrogen-bond donors (Lipinski definition) is 2. The highest BCUT2D eigenvalue weighted by molar-refractivity contribution is 5.83. The lowest BCUT2D eigenvalue weighted by molar-refractivity contribution is -0.144. The maximum Gasteiger partial charge on any atom is 0.326 e. The van der Waals surface area contributed by atoms with Crippen molar-refractivity contribution in [3.63, 3.8) is 0 Å². The Morgan fingerprint density at radius 1 is 1.28 bits per heavy atom. The van der Waals surface area contributed by atoms with Gasteiger partial charge in [0.25, 0.3) is 0 Å². The van der Waals surface area contributed by atoms with Crippen molar-refractivity contribution < 1.29 is 14.7 Å². The third kappa shape index (κ3) is 2.58. The van der Waals surface area contributed by atoms with Crippen LogP contribution in [0.5, 0.6) is 0 Å². The SMILES string of the molecule is CC1CCN(C(=O)N2CCC(N)C2)C(C(=O)O)C1. The molecule has 2 amide bonds. The first-order valence-electron chi connectivity index (χ1n) is 6.53. The lowest BCUT2D eigenvalue weighted by atomic mass is 9.93. The third-order valence-corrected chi connectivity index (χ3v) is 3.89. The fraction of sp³-hybridized carbons (Fsp3) is 0.833. The minimum atomic E-state index is -0.904. The standard InChI is InChI=1S/C12H21N3O3/c1-8-2-5-15(10(6-8)11(16)17)12(18)14-4-3-9(13)7-14/h8-10H,2-7,13H2,1H3,(H,16,17). The van der Waals surface area contributed by atoms with E-state index in [2.05, 4.69) is 0 Å². The molecule has 3 atom stereocenters. The molecule has 6 nitrogen and oxygen atoms in total. The highest BCUT2D eigenvalue weighted by Crippen LogP contribution is 2.24. The van der Waals surface area contributed by atoms with Crippen molar-refractivity contribution in [3.8, 4) is 0 Å². The molecule has 0 radical (unpaired) electrons. The van der Waals surface area contributed by atoms with Crippen LogP contribution in [-0.2, 0) is 4.79 Å². The number of nitrogens with two attached hydrogens (primary N) is 1. The van der Waals surface area contributed by atoms with Crippen LogP contribution in [0.3, 0.4) is 0 Å². The normalized spacial score (nSPS) is 32.7. The number of aliphatic carboxylic acids is 1. The van der Waals surface area contributed by atoms with Gasteiger partial charge >= 0.3 is 12.0 Å². The number of carboxylic acid groups (broad SMARTS) is 1. The monoisotopic (exact) mass is 255 g/mol. The molecule has 0 aromatic rings. The van der Waals surface area contributed by atoms with Gasteiger partial charge < -0.3 is 20.6 Å². The molecular formula is C12H21N3O3. The highest BCUT2D eigenvalue weighted by atomic mass is 16.4. The molecule has 3 N–H and O–H groups in total. The predicted octanol–water partition coefficient (Wildman–Crippen LogP) is 0.325. The number of urea groups is 1. The molecule has 0 aliphatic carbocycles. The molecule has 6 heteroatoms. The average molecular weight is 255 g/mol. The Bertz CT molecular complexity index is 347. The van der Waals surface area contributed by atoms with Gasteiger partial charge in [0.2, 0.25) is 0 Å². The van der Waals surface area contributed by atoms with E-state index >= 15 is 0 Å². The molecule has 2 rings (SSSR count). The summed E-state index contributed by atoms with van der Waals surface area (Å²) in [7, 11) is 0. The van der Waals surface area contributed by atoms with Gasteiger partial charge in [0.15, 0.2) is 0 Å². The molecular weight excluding hydrogens is 234 g/mol. The summed E-state index contributed by atoms with van der Waals surface area (Å²) in [6, 6.07) is -0.818. The second-order valence-electron chi connectivity index (χ2n) is 5.45. The summed E-state index contributed by atoms with van der Waals surface area (Å²) in [4.78, 5) is 26.7. The number of carbonyl (C=O) groups is 2. The number of amides is 2. The van der Waals surface area contributed by atoms with Gasteiger partial charge in [0, 0.05) is 25.7 Å². The Labute approximate surface area is 107 Å². The summed E-state index contributed by atoms with van der Waals surface area (Å²) in [6.45, 7) is 3.74. The van der Waals surface area contributed by atoms with Crippen molar-refractivity contribution in [3.05, 3.63) is 0 Å². The summed E-state index contributed by atoms with van der Waals surface area (Å²) in [5.41, 5.74) is 5.78. The quantitative estimate of drug-likeness (QED) is 0.706. The van der Waals surface area contributed by atoms with E-state index in [-0.39, 0.29) is 12.1 Å². The van der Waals surface area contributed by atoms with E-state index < -0.39 is 12.0 Å². The van der Waals surface area contributed by atoms with Crippen LogP contribution in [0.15, 0.2) is 0 Å². The predicted molar refractivity (Wildman–Crippen MR) is 66.1 cm³/mol. The zero-order valence-corrected chi connectivity index (χ0v) is 10.7. The van der Waals surface area contributed by atoms with Crippen LogP contribution >= 0.6 is 0 Å². The second-order valence-corrected chi connectivity index (χ2v) is 5.45. The van der Waals surface area contributed by atoms with E-state index in [1.165, 1.54) is 4.90 Å². The number of piperidine rings is 1. The van der Waals surface area contributed by atoms with Crippen LogP contribution in [0.4, 0.5) is 4.79 Å². The lowest BCUT2D eigenvalue weighted by Crippen LogP contribution is -2.54. The van der Waals surface area contributed by atoms with E-state index in [9.17, 15) is 14.7 Å². The summed E-state index contributed by atoms with van der Waals surface area (Å²) >= 11 is 0. The fourth-order valence-corrected chi connectivity index (χ4v) is 2.75.